The quantitative estimate of drug-likeness (QED) is 0.491. The van der Waals surface area contributed by atoms with Gasteiger partial charge in [0, 0.05) is 31.0 Å². The molecule has 1 saturated heterocycles. The highest BCUT2D eigenvalue weighted by atomic mass is 19.4. The molecule has 8 nitrogen and oxygen atoms in total. The summed E-state index contributed by atoms with van der Waals surface area (Å²) in [5, 5.41) is 5.60. The molecule has 1 aliphatic rings. The van der Waals surface area contributed by atoms with Crippen LogP contribution < -0.4 is 10.6 Å². The molecule has 0 bridgehead atoms. The smallest absolute Gasteiger partial charge is 0.381 e. The summed E-state index contributed by atoms with van der Waals surface area (Å²) < 4.78 is 83.6. The van der Waals surface area contributed by atoms with Crippen LogP contribution in [0.5, 0.6) is 0 Å². The Kier molecular flexibility index (Phi) is 6.50. The number of alkyl halides is 6. The van der Waals surface area contributed by atoms with Crippen molar-refractivity contribution in [3.8, 4) is 11.5 Å². The second kappa shape index (κ2) is 9.37. The molecule has 1 fully saturated rings. The molecule has 0 aliphatic carbocycles. The van der Waals surface area contributed by atoms with E-state index >= 15 is 0 Å². The monoisotopic (exact) mass is 485 g/mol. The zero-order valence-corrected chi connectivity index (χ0v) is 17.3. The number of hydrogen-bond donors (Lipinski definition) is 2. The molecule has 4 heterocycles. The maximum atomic E-state index is 13.1. The molecule has 1 atom stereocenters. The van der Waals surface area contributed by atoms with Gasteiger partial charge in [0.15, 0.2) is 5.82 Å². The second-order valence-corrected chi connectivity index (χ2v) is 7.38. The Morgan fingerprint density at radius 2 is 1.68 bits per heavy atom. The Morgan fingerprint density at radius 3 is 2.38 bits per heavy atom. The van der Waals surface area contributed by atoms with E-state index in [9.17, 15) is 26.3 Å². The molecule has 34 heavy (non-hydrogen) atoms. The third kappa shape index (κ3) is 5.87. The first-order valence-corrected chi connectivity index (χ1v) is 10.0. The molecule has 0 radical (unpaired) electrons. The van der Waals surface area contributed by atoms with Crippen molar-refractivity contribution in [2.75, 3.05) is 30.4 Å². The number of nitrogens with one attached hydrogen (secondary N) is 2. The standard InChI is InChI=1S/C20H17F6N7O/c21-19(22,23)14-3-1-2-13(30-14)16-31-17(28-9-11-5-7-34-10-11)33-18(32-16)29-12-4-6-27-15(8-12)20(24,25)26/h1-4,6,8,11H,5,7,9-10H2,(H2,27,28,29,31,32,33). The largest absolute Gasteiger partial charge is 0.433 e. The van der Waals surface area contributed by atoms with E-state index in [2.05, 4.69) is 35.6 Å². The maximum absolute atomic E-state index is 13.1. The van der Waals surface area contributed by atoms with Gasteiger partial charge in [-0.15, -0.1) is 0 Å². The summed E-state index contributed by atoms with van der Waals surface area (Å²) in [7, 11) is 0. The van der Waals surface area contributed by atoms with Crippen LogP contribution in [0.4, 0.5) is 43.9 Å². The highest BCUT2D eigenvalue weighted by Crippen LogP contribution is 2.31. The van der Waals surface area contributed by atoms with E-state index in [1.54, 1.807) is 0 Å². The minimum atomic E-state index is -4.68. The van der Waals surface area contributed by atoms with Crippen molar-refractivity contribution in [2.24, 2.45) is 5.92 Å². The van der Waals surface area contributed by atoms with Crippen molar-refractivity contribution in [2.45, 2.75) is 18.8 Å². The lowest BCUT2D eigenvalue weighted by molar-refractivity contribution is -0.141. The van der Waals surface area contributed by atoms with E-state index in [1.165, 1.54) is 12.1 Å². The average molecular weight is 485 g/mol. The van der Waals surface area contributed by atoms with Crippen LogP contribution in [0.3, 0.4) is 0 Å². The molecule has 3 aromatic rings. The van der Waals surface area contributed by atoms with Crippen LogP contribution in [0, 0.1) is 5.92 Å². The molecule has 1 aliphatic heterocycles. The van der Waals surface area contributed by atoms with Gasteiger partial charge < -0.3 is 15.4 Å². The number of aromatic nitrogens is 5. The molecule has 0 aromatic carbocycles. The maximum Gasteiger partial charge on any atom is 0.433 e. The molecule has 1 unspecified atom stereocenters. The highest BCUT2D eigenvalue weighted by molar-refractivity contribution is 5.59. The van der Waals surface area contributed by atoms with E-state index in [4.69, 9.17) is 4.74 Å². The van der Waals surface area contributed by atoms with E-state index in [0.29, 0.717) is 19.8 Å². The van der Waals surface area contributed by atoms with E-state index in [-0.39, 0.29) is 35.0 Å². The molecule has 3 aromatic heterocycles. The first kappa shape index (κ1) is 23.6. The summed E-state index contributed by atoms with van der Waals surface area (Å²) in [6.45, 7) is 1.56. The van der Waals surface area contributed by atoms with E-state index in [0.717, 1.165) is 30.8 Å². The van der Waals surface area contributed by atoms with Crippen molar-refractivity contribution >= 4 is 17.6 Å². The Morgan fingerprint density at radius 1 is 0.912 bits per heavy atom. The zero-order chi connectivity index (χ0) is 24.3. The molecule has 0 saturated carbocycles. The summed E-state index contributed by atoms with van der Waals surface area (Å²) in [6, 6.07) is 5.28. The lowest BCUT2D eigenvalue weighted by atomic mass is 10.1. The lowest BCUT2D eigenvalue weighted by Crippen LogP contribution is -2.17. The number of halogens is 6. The number of rotatable bonds is 6. The summed E-state index contributed by atoms with van der Waals surface area (Å²) in [6.07, 6.45) is -7.58. The van der Waals surface area contributed by atoms with Crippen LogP contribution in [0.1, 0.15) is 17.8 Å². The van der Waals surface area contributed by atoms with Gasteiger partial charge in [-0.2, -0.15) is 41.3 Å². The third-order valence-corrected chi connectivity index (χ3v) is 4.78. The predicted octanol–water partition coefficient (Wildman–Crippen LogP) is 4.56. The molecule has 4 rings (SSSR count). The van der Waals surface area contributed by atoms with Crippen LogP contribution in [0.25, 0.3) is 11.5 Å². The van der Waals surface area contributed by atoms with Crippen LogP contribution in [0.15, 0.2) is 36.5 Å². The number of hydrogen-bond acceptors (Lipinski definition) is 8. The Balaban J connectivity index is 1.67. The number of anilines is 3. The summed E-state index contributed by atoms with van der Waals surface area (Å²) in [5.74, 6) is -0.186. The normalized spacial score (nSPS) is 16.5. The van der Waals surface area contributed by atoms with Crippen molar-refractivity contribution in [3.63, 3.8) is 0 Å². The topological polar surface area (TPSA) is 97.7 Å². The van der Waals surface area contributed by atoms with E-state index < -0.39 is 23.7 Å². The molecule has 0 amide bonds. The van der Waals surface area contributed by atoms with Gasteiger partial charge in [-0.3, -0.25) is 4.98 Å². The fourth-order valence-electron chi connectivity index (χ4n) is 3.11. The van der Waals surface area contributed by atoms with Crippen LogP contribution in [-0.2, 0) is 17.1 Å². The van der Waals surface area contributed by atoms with Gasteiger partial charge in [0.2, 0.25) is 11.9 Å². The molecule has 0 spiro atoms. The number of pyridine rings is 2. The first-order valence-electron chi connectivity index (χ1n) is 10.0. The third-order valence-electron chi connectivity index (χ3n) is 4.78. The fraction of sp³-hybridized carbons (Fsp3) is 0.350. The van der Waals surface area contributed by atoms with Gasteiger partial charge in [-0.1, -0.05) is 6.07 Å². The Hall–Kier alpha value is -3.55. The van der Waals surface area contributed by atoms with Gasteiger partial charge in [-0.05, 0) is 30.7 Å². The zero-order valence-electron chi connectivity index (χ0n) is 17.3. The lowest BCUT2D eigenvalue weighted by Gasteiger charge is -2.13. The minimum absolute atomic E-state index is 0.0173. The summed E-state index contributed by atoms with van der Waals surface area (Å²) >= 11 is 0. The Labute approximate surface area is 188 Å². The van der Waals surface area contributed by atoms with Crippen LogP contribution in [-0.4, -0.2) is 44.7 Å². The first-order chi connectivity index (χ1) is 16.1. The Bertz CT molecular complexity index is 1150. The van der Waals surface area contributed by atoms with Crippen molar-refractivity contribution < 1.29 is 31.1 Å². The second-order valence-electron chi connectivity index (χ2n) is 7.38. The van der Waals surface area contributed by atoms with Gasteiger partial charge >= 0.3 is 12.4 Å². The van der Waals surface area contributed by atoms with Crippen LogP contribution >= 0.6 is 0 Å². The SMILES string of the molecule is FC(F)(F)c1cc(Nc2nc(NCC3CCOC3)nc(-c3cccc(C(F)(F)F)n3)n2)ccn1. The molecule has 14 heteroatoms. The highest BCUT2D eigenvalue weighted by Gasteiger charge is 2.33. The summed E-state index contributed by atoms with van der Waals surface area (Å²) in [4.78, 5) is 19.2. The molecule has 180 valence electrons. The predicted molar refractivity (Wildman–Crippen MR) is 108 cm³/mol. The van der Waals surface area contributed by atoms with Crippen molar-refractivity contribution in [1.29, 1.82) is 0 Å². The summed E-state index contributed by atoms with van der Waals surface area (Å²) in [5.41, 5.74) is -2.47. The van der Waals surface area contributed by atoms with Crippen molar-refractivity contribution in [1.82, 2.24) is 24.9 Å². The van der Waals surface area contributed by atoms with Gasteiger partial charge in [0.1, 0.15) is 17.1 Å². The molecule has 2 N–H and O–H groups in total. The molecular formula is C20H17F6N7O. The van der Waals surface area contributed by atoms with E-state index in [1.807, 2.05) is 0 Å². The minimum Gasteiger partial charge on any atom is -0.381 e. The number of ether oxygens (including phenoxy) is 1. The number of nitrogens with zero attached hydrogens (tertiary/aromatic N) is 5. The van der Waals surface area contributed by atoms with Crippen LogP contribution in [0.2, 0.25) is 0 Å². The molecular weight excluding hydrogens is 468 g/mol. The fourth-order valence-corrected chi connectivity index (χ4v) is 3.11. The van der Waals surface area contributed by atoms with Crippen molar-refractivity contribution in [3.05, 3.63) is 47.9 Å². The van der Waals surface area contributed by atoms with Gasteiger partial charge in [0.05, 0.1) is 6.61 Å². The van der Waals surface area contributed by atoms with Gasteiger partial charge in [-0.25, -0.2) is 4.98 Å². The van der Waals surface area contributed by atoms with Gasteiger partial charge in [0.25, 0.3) is 0 Å². The average Bonchev–Trinajstić information content (AvgIpc) is 3.30.